The Hall–Kier alpha value is -2.91. The van der Waals surface area contributed by atoms with E-state index in [1.165, 1.54) is 11.3 Å². The zero-order chi connectivity index (χ0) is 19.7. The Kier molecular flexibility index (Phi) is 5.01. The summed E-state index contributed by atoms with van der Waals surface area (Å²) in [5.41, 5.74) is 14.8. The largest absolute Gasteiger partial charge is 0.389 e. The third-order valence-electron chi connectivity index (χ3n) is 4.91. The van der Waals surface area contributed by atoms with E-state index in [0.717, 1.165) is 35.8 Å². The van der Waals surface area contributed by atoms with Crippen LogP contribution in [-0.4, -0.2) is 40.3 Å². The Balaban J connectivity index is 1.55. The minimum atomic E-state index is -0.338. The molecule has 1 fully saturated rings. The summed E-state index contributed by atoms with van der Waals surface area (Å²) < 4.78 is 1.62. The smallest absolute Gasteiger partial charge is 0.277 e. The molecule has 4 rings (SSSR count). The van der Waals surface area contributed by atoms with Crippen molar-refractivity contribution in [2.45, 2.75) is 6.42 Å². The summed E-state index contributed by atoms with van der Waals surface area (Å²) in [7, 11) is 1.79. The van der Waals surface area contributed by atoms with Crippen LogP contribution in [0.5, 0.6) is 0 Å². The van der Waals surface area contributed by atoms with Crippen molar-refractivity contribution in [3.63, 3.8) is 0 Å². The van der Waals surface area contributed by atoms with Crippen LogP contribution in [0.1, 0.15) is 16.9 Å². The van der Waals surface area contributed by atoms with Crippen molar-refractivity contribution in [2.75, 3.05) is 35.6 Å². The van der Waals surface area contributed by atoms with Gasteiger partial charge in [-0.3, -0.25) is 9.48 Å². The van der Waals surface area contributed by atoms with E-state index >= 15 is 0 Å². The zero-order valence-electron chi connectivity index (χ0n) is 15.6. The second kappa shape index (κ2) is 7.61. The molecule has 0 aliphatic carbocycles. The van der Waals surface area contributed by atoms with Crippen molar-refractivity contribution in [2.24, 2.45) is 18.7 Å². The third-order valence-corrected chi connectivity index (χ3v) is 5.84. The number of carbonyl (C=O) groups is 1. The van der Waals surface area contributed by atoms with Crippen LogP contribution in [-0.2, 0) is 7.05 Å². The first-order valence-corrected chi connectivity index (χ1v) is 9.97. The van der Waals surface area contributed by atoms with Gasteiger partial charge in [0, 0.05) is 37.6 Å². The van der Waals surface area contributed by atoms with E-state index in [1.807, 2.05) is 12.1 Å². The van der Waals surface area contributed by atoms with Gasteiger partial charge in [0.25, 0.3) is 5.91 Å². The highest BCUT2D eigenvalue weighted by Gasteiger charge is 2.22. The van der Waals surface area contributed by atoms with Crippen molar-refractivity contribution in [3.05, 3.63) is 42.4 Å². The number of hydrogen-bond acceptors (Lipinski definition) is 7. The summed E-state index contributed by atoms with van der Waals surface area (Å²) in [5.74, 6) is 0.205. The quantitative estimate of drug-likeness (QED) is 0.608. The molecule has 1 saturated heterocycles. The number of amides is 1. The lowest BCUT2D eigenvalue weighted by Crippen LogP contribution is -2.22. The third kappa shape index (κ3) is 3.71. The fraction of sp³-hybridized carbons (Fsp3) is 0.316. The van der Waals surface area contributed by atoms with E-state index in [4.69, 9.17) is 11.5 Å². The Morgan fingerprint density at radius 2 is 2.29 bits per heavy atom. The number of nitrogen functional groups attached to an aromatic ring is 1. The monoisotopic (exact) mass is 397 g/mol. The summed E-state index contributed by atoms with van der Waals surface area (Å²) in [5, 5.41) is 7.93. The molecule has 1 aromatic carbocycles. The van der Waals surface area contributed by atoms with E-state index in [1.54, 1.807) is 24.1 Å². The number of benzene rings is 1. The lowest BCUT2D eigenvalue weighted by atomic mass is 10.1. The average Bonchev–Trinajstić information content (AvgIpc) is 3.41. The standard InChI is InChI=1S/C19H23N7OS/c1-25-11-14(9-22-25)23-18(27)16-17(21)28-19(24-16)13-3-2-4-15(7-13)26-6-5-12(8-20)10-26/h2-4,7,9,11-12H,5-6,8,10,20-21H2,1H3,(H,23,27)/t12-/m1/s1. The van der Waals surface area contributed by atoms with Crippen LogP contribution in [0.3, 0.4) is 0 Å². The molecule has 1 aliphatic heterocycles. The van der Waals surface area contributed by atoms with E-state index in [0.29, 0.717) is 23.2 Å². The molecular weight excluding hydrogens is 374 g/mol. The minimum absolute atomic E-state index is 0.235. The van der Waals surface area contributed by atoms with Crippen LogP contribution in [0.4, 0.5) is 16.4 Å². The van der Waals surface area contributed by atoms with E-state index in [-0.39, 0.29) is 11.6 Å². The Labute approximate surface area is 167 Å². The predicted molar refractivity (Wildman–Crippen MR) is 112 cm³/mol. The van der Waals surface area contributed by atoms with Gasteiger partial charge in [0.1, 0.15) is 10.0 Å². The molecule has 1 amide bonds. The molecule has 0 bridgehead atoms. The summed E-state index contributed by atoms with van der Waals surface area (Å²) in [6.07, 6.45) is 4.41. The van der Waals surface area contributed by atoms with Gasteiger partial charge < -0.3 is 21.7 Å². The highest BCUT2D eigenvalue weighted by atomic mass is 32.1. The van der Waals surface area contributed by atoms with Gasteiger partial charge in [0.2, 0.25) is 0 Å². The molecule has 146 valence electrons. The first kappa shape index (κ1) is 18.5. The summed E-state index contributed by atoms with van der Waals surface area (Å²) in [6, 6.07) is 8.18. The van der Waals surface area contributed by atoms with E-state index < -0.39 is 0 Å². The van der Waals surface area contributed by atoms with Crippen molar-refractivity contribution in [1.29, 1.82) is 0 Å². The Bertz CT molecular complexity index is 996. The molecule has 2 aromatic heterocycles. The summed E-state index contributed by atoms with van der Waals surface area (Å²) in [4.78, 5) is 19.4. The maximum absolute atomic E-state index is 12.5. The van der Waals surface area contributed by atoms with Gasteiger partial charge in [-0.15, -0.1) is 0 Å². The van der Waals surface area contributed by atoms with Crippen LogP contribution in [0.2, 0.25) is 0 Å². The molecule has 3 aromatic rings. The zero-order valence-corrected chi connectivity index (χ0v) is 16.4. The molecule has 1 aliphatic rings. The van der Waals surface area contributed by atoms with Crippen LogP contribution in [0.25, 0.3) is 10.6 Å². The van der Waals surface area contributed by atoms with Crippen LogP contribution < -0.4 is 21.7 Å². The van der Waals surface area contributed by atoms with E-state index in [2.05, 4.69) is 32.4 Å². The molecule has 0 spiro atoms. The number of aromatic nitrogens is 3. The first-order valence-electron chi connectivity index (χ1n) is 9.15. The summed E-state index contributed by atoms with van der Waals surface area (Å²) in [6.45, 7) is 2.69. The molecule has 8 nitrogen and oxygen atoms in total. The molecular formula is C19H23N7OS. The number of nitrogens with zero attached hydrogens (tertiary/aromatic N) is 4. The lowest BCUT2D eigenvalue weighted by molar-refractivity contribution is 0.102. The maximum Gasteiger partial charge on any atom is 0.277 e. The molecule has 28 heavy (non-hydrogen) atoms. The highest BCUT2D eigenvalue weighted by Crippen LogP contribution is 2.33. The topological polar surface area (TPSA) is 115 Å². The number of carbonyl (C=O) groups excluding carboxylic acids is 1. The molecule has 0 saturated carbocycles. The Morgan fingerprint density at radius 3 is 3.00 bits per heavy atom. The maximum atomic E-state index is 12.5. The SMILES string of the molecule is Cn1cc(NC(=O)c2nc(-c3cccc(N4CC[C@H](CN)C4)c3)sc2N)cn1. The van der Waals surface area contributed by atoms with Crippen LogP contribution in [0, 0.1) is 5.92 Å². The second-order valence-electron chi connectivity index (χ2n) is 6.98. The number of hydrogen-bond donors (Lipinski definition) is 3. The average molecular weight is 398 g/mol. The van der Waals surface area contributed by atoms with Gasteiger partial charge in [-0.1, -0.05) is 23.5 Å². The van der Waals surface area contributed by atoms with Gasteiger partial charge in [0.05, 0.1) is 11.9 Å². The molecule has 0 unspecified atom stereocenters. The van der Waals surface area contributed by atoms with Gasteiger partial charge in [0.15, 0.2) is 5.69 Å². The number of aryl methyl sites for hydroxylation is 1. The van der Waals surface area contributed by atoms with Crippen molar-refractivity contribution in [3.8, 4) is 10.6 Å². The number of nitrogens with two attached hydrogens (primary N) is 2. The molecule has 1 atom stereocenters. The number of rotatable bonds is 5. The highest BCUT2D eigenvalue weighted by molar-refractivity contribution is 7.19. The first-order chi connectivity index (χ1) is 13.5. The number of anilines is 3. The molecule has 5 N–H and O–H groups in total. The molecule has 0 radical (unpaired) electrons. The van der Waals surface area contributed by atoms with Crippen LogP contribution >= 0.6 is 11.3 Å². The number of nitrogens with one attached hydrogen (secondary N) is 1. The molecule has 3 heterocycles. The fourth-order valence-corrected chi connectivity index (χ4v) is 4.21. The van der Waals surface area contributed by atoms with Gasteiger partial charge >= 0.3 is 0 Å². The van der Waals surface area contributed by atoms with Gasteiger partial charge in [-0.2, -0.15) is 5.10 Å². The Morgan fingerprint density at radius 1 is 1.43 bits per heavy atom. The van der Waals surface area contributed by atoms with Crippen molar-refractivity contribution in [1.82, 2.24) is 14.8 Å². The predicted octanol–water partition coefficient (Wildman–Crippen LogP) is 2.16. The summed E-state index contributed by atoms with van der Waals surface area (Å²) >= 11 is 1.31. The fourth-order valence-electron chi connectivity index (χ4n) is 3.39. The second-order valence-corrected chi connectivity index (χ2v) is 8.01. The molecule has 9 heteroatoms. The van der Waals surface area contributed by atoms with Gasteiger partial charge in [-0.25, -0.2) is 4.98 Å². The van der Waals surface area contributed by atoms with Crippen LogP contribution in [0.15, 0.2) is 36.7 Å². The van der Waals surface area contributed by atoms with Crippen molar-refractivity contribution < 1.29 is 4.79 Å². The van der Waals surface area contributed by atoms with E-state index in [9.17, 15) is 4.79 Å². The minimum Gasteiger partial charge on any atom is -0.389 e. The lowest BCUT2D eigenvalue weighted by Gasteiger charge is -2.19. The van der Waals surface area contributed by atoms with Crippen molar-refractivity contribution >= 4 is 33.6 Å². The van der Waals surface area contributed by atoms with Gasteiger partial charge in [-0.05, 0) is 31.0 Å². The normalized spacial score (nSPS) is 16.5. The number of thiazole rings is 1.